The van der Waals surface area contributed by atoms with Gasteiger partial charge in [-0.3, -0.25) is 9.78 Å². The van der Waals surface area contributed by atoms with Crippen LogP contribution in [-0.4, -0.2) is 10.9 Å². The molecule has 0 unspecified atom stereocenters. The van der Waals surface area contributed by atoms with E-state index in [4.69, 9.17) is 23.2 Å². The van der Waals surface area contributed by atoms with Crippen molar-refractivity contribution in [1.29, 1.82) is 0 Å². The monoisotopic (exact) mass is 358 g/mol. The third-order valence-corrected chi connectivity index (χ3v) is 3.96. The van der Waals surface area contributed by atoms with Crippen LogP contribution >= 0.6 is 39.1 Å². The molecule has 2 aromatic rings. The van der Waals surface area contributed by atoms with E-state index < -0.39 is 0 Å². The molecule has 6 heteroatoms. The molecule has 19 heavy (non-hydrogen) atoms. The predicted molar refractivity (Wildman–Crippen MR) is 81.1 cm³/mol. The maximum Gasteiger partial charge on any atom is 0.258 e. The van der Waals surface area contributed by atoms with Crippen molar-refractivity contribution in [2.24, 2.45) is 0 Å². The number of halogens is 3. The summed E-state index contributed by atoms with van der Waals surface area (Å²) in [6, 6.07) is 6.79. The van der Waals surface area contributed by atoms with Gasteiger partial charge in [0.2, 0.25) is 0 Å². The van der Waals surface area contributed by atoms with E-state index in [1.165, 1.54) is 6.20 Å². The molecule has 1 aromatic heterocycles. The highest BCUT2D eigenvalue weighted by Gasteiger charge is 2.12. The number of nitrogens with one attached hydrogen (secondary N) is 1. The number of pyridine rings is 1. The van der Waals surface area contributed by atoms with Gasteiger partial charge in [0.05, 0.1) is 15.6 Å². The van der Waals surface area contributed by atoms with Gasteiger partial charge < -0.3 is 5.32 Å². The van der Waals surface area contributed by atoms with Crippen molar-refractivity contribution in [3.63, 3.8) is 0 Å². The third-order valence-electron chi connectivity index (χ3n) is 2.41. The first-order valence-electron chi connectivity index (χ1n) is 5.36. The number of hydrogen-bond donors (Lipinski definition) is 1. The zero-order valence-corrected chi connectivity index (χ0v) is 13.0. The number of carbonyl (C=O) groups excluding carboxylic acids is 1. The summed E-state index contributed by atoms with van der Waals surface area (Å²) < 4.78 is 0.766. The molecule has 3 nitrogen and oxygen atoms in total. The van der Waals surface area contributed by atoms with Crippen molar-refractivity contribution < 1.29 is 4.79 Å². The Labute approximate surface area is 129 Å². The van der Waals surface area contributed by atoms with Gasteiger partial charge in [0.15, 0.2) is 0 Å². The lowest BCUT2D eigenvalue weighted by Gasteiger charge is -2.07. The van der Waals surface area contributed by atoms with Gasteiger partial charge in [0.1, 0.15) is 0 Å². The number of carbonyl (C=O) groups is 1. The fourth-order valence-corrected chi connectivity index (χ4v) is 2.19. The van der Waals surface area contributed by atoms with E-state index >= 15 is 0 Å². The molecule has 0 aliphatic rings. The standard InChI is InChI=1S/C13H9BrCl2N2O/c1-7-4-11(15)9(6-17-7)13(19)18-8-2-3-10(14)12(16)5-8/h2-6H,1H3,(H,18,19). The second kappa shape index (κ2) is 5.90. The van der Waals surface area contributed by atoms with Crippen LogP contribution in [0, 0.1) is 6.92 Å². The maximum atomic E-state index is 12.1. The molecule has 2 rings (SSSR count). The SMILES string of the molecule is Cc1cc(Cl)c(C(=O)Nc2ccc(Br)c(Cl)c2)cn1. The fraction of sp³-hybridized carbons (Fsp3) is 0.0769. The highest BCUT2D eigenvalue weighted by atomic mass is 79.9. The van der Waals surface area contributed by atoms with E-state index in [9.17, 15) is 4.79 Å². The van der Waals surface area contributed by atoms with Crippen LogP contribution in [0.3, 0.4) is 0 Å². The first-order chi connectivity index (χ1) is 8.97. The summed E-state index contributed by atoms with van der Waals surface area (Å²) in [6.07, 6.45) is 1.45. The quantitative estimate of drug-likeness (QED) is 0.843. The van der Waals surface area contributed by atoms with E-state index in [0.717, 1.165) is 10.2 Å². The Morgan fingerprint density at radius 3 is 2.63 bits per heavy atom. The van der Waals surface area contributed by atoms with Gasteiger partial charge in [-0.1, -0.05) is 23.2 Å². The van der Waals surface area contributed by atoms with Crippen LogP contribution in [0.4, 0.5) is 5.69 Å². The van der Waals surface area contributed by atoms with Crippen LogP contribution in [0.5, 0.6) is 0 Å². The highest BCUT2D eigenvalue weighted by Crippen LogP contribution is 2.26. The van der Waals surface area contributed by atoms with Gasteiger partial charge in [0.25, 0.3) is 5.91 Å². The van der Waals surface area contributed by atoms with Gasteiger partial charge in [-0.25, -0.2) is 0 Å². The molecule has 0 aliphatic carbocycles. The average molecular weight is 360 g/mol. The van der Waals surface area contributed by atoms with Gasteiger partial charge in [-0.05, 0) is 47.1 Å². The van der Waals surface area contributed by atoms with Crippen LogP contribution in [0.15, 0.2) is 34.9 Å². The highest BCUT2D eigenvalue weighted by molar-refractivity contribution is 9.10. The lowest BCUT2D eigenvalue weighted by Crippen LogP contribution is -2.13. The second-order valence-electron chi connectivity index (χ2n) is 3.89. The molecule has 1 N–H and O–H groups in total. The van der Waals surface area contributed by atoms with Crippen molar-refractivity contribution >= 4 is 50.7 Å². The van der Waals surface area contributed by atoms with Crippen molar-refractivity contribution in [2.75, 3.05) is 5.32 Å². The Bertz CT molecular complexity index is 647. The number of aryl methyl sites for hydroxylation is 1. The molecule has 0 saturated carbocycles. The normalized spacial score (nSPS) is 10.3. The van der Waals surface area contributed by atoms with Gasteiger partial charge in [-0.15, -0.1) is 0 Å². The molecule has 0 saturated heterocycles. The Hall–Kier alpha value is -1.10. The van der Waals surface area contributed by atoms with E-state index in [1.54, 1.807) is 24.3 Å². The summed E-state index contributed by atoms with van der Waals surface area (Å²) in [5.74, 6) is -0.323. The minimum absolute atomic E-state index is 0.323. The smallest absolute Gasteiger partial charge is 0.258 e. The molecular weight excluding hydrogens is 351 g/mol. The number of anilines is 1. The van der Waals surface area contributed by atoms with E-state index in [1.807, 2.05) is 6.92 Å². The van der Waals surface area contributed by atoms with Crippen LogP contribution in [0.2, 0.25) is 10.0 Å². The zero-order valence-electron chi connectivity index (χ0n) is 9.88. The Morgan fingerprint density at radius 1 is 1.26 bits per heavy atom. The van der Waals surface area contributed by atoms with Gasteiger partial charge >= 0.3 is 0 Å². The van der Waals surface area contributed by atoms with Gasteiger partial charge in [0, 0.05) is 22.1 Å². The van der Waals surface area contributed by atoms with Crippen molar-refractivity contribution in [3.8, 4) is 0 Å². The number of amides is 1. The van der Waals surface area contributed by atoms with Crippen LogP contribution in [0.25, 0.3) is 0 Å². The number of hydrogen-bond acceptors (Lipinski definition) is 2. The molecule has 1 amide bonds. The molecule has 0 atom stereocenters. The largest absolute Gasteiger partial charge is 0.322 e. The molecule has 0 fully saturated rings. The molecule has 0 bridgehead atoms. The molecule has 0 aliphatic heterocycles. The first kappa shape index (κ1) is 14.3. The minimum atomic E-state index is -0.323. The summed E-state index contributed by atoms with van der Waals surface area (Å²) in [5, 5.41) is 3.61. The summed E-state index contributed by atoms with van der Waals surface area (Å²) in [7, 11) is 0. The summed E-state index contributed by atoms with van der Waals surface area (Å²) >= 11 is 15.3. The first-order valence-corrected chi connectivity index (χ1v) is 6.91. The lowest BCUT2D eigenvalue weighted by atomic mass is 10.2. The molecule has 98 valence electrons. The summed E-state index contributed by atoms with van der Waals surface area (Å²) in [4.78, 5) is 16.1. The average Bonchev–Trinajstić information content (AvgIpc) is 2.33. The lowest BCUT2D eigenvalue weighted by molar-refractivity contribution is 0.102. The number of aromatic nitrogens is 1. The third kappa shape index (κ3) is 3.47. The Balaban J connectivity index is 2.23. The zero-order chi connectivity index (χ0) is 14.0. The van der Waals surface area contributed by atoms with E-state index in [-0.39, 0.29) is 5.91 Å². The second-order valence-corrected chi connectivity index (χ2v) is 5.56. The molecular formula is C13H9BrCl2N2O. The topological polar surface area (TPSA) is 42.0 Å². The molecule has 0 radical (unpaired) electrons. The van der Waals surface area contributed by atoms with E-state index in [0.29, 0.717) is 21.3 Å². The Kier molecular flexibility index (Phi) is 4.45. The van der Waals surface area contributed by atoms with Crippen LogP contribution in [0.1, 0.15) is 16.1 Å². The number of benzene rings is 1. The van der Waals surface area contributed by atoms with Crippen LogP contribution < -0.4 is 5.32 Å². The maximum absolute atomic E-state index is 12.1. The predicted octanol–water partition coefficient (Wildman–Crippen LogP) is 4.71. The molecule has 1 heterocycles. The van der Waals surface area contributed by atoms with Gasteiger partial charge in [-0.2, -0.15) is 0 Å². The van der Waals surface area contributed by atoms with E-state index in [2.05, 4.69) is 26.2 Å². The summed E-state index contributed by atoms with van der Waals surface area (Å²) in [5.41, 5.74) is 1.68. The minimum Gasteiger partial charge on any atom is -0.322 e. The number of rotatable bonds is 2. The molecule has 1 aromatic carbocycles. The molecule has 0 spiro atoms. The summed E-state index contributed by atoms with van der Waals surface area (Å²) in [6.45, 7) is 1.81. The van der Waals surface area contributed by atoms with Crippen molar-refractivity contribution in [2.45, 2.75) is 6.92 Å². The van der Waals surface area contributed by atoms with Crippen LogP contribution in [-0.2, 0) is 0 Å². The van der Waals surface area contributed by atoms with Crippen molar-refractivity contribution in [1.82, 2.24) is 4.98 Å². The number of nitrogens with zero attached hydrogens (tertiary/aromatic N) is 1. The fourth-order valence-electron chi connectivity index (χ4n) is 1.47. The van der Waals surface area contributed by atoms with Crippen molar-refractivity contribution in [3.05, 3.63) is 56.2 Å². The Morgan fingerprint density at radius 2 is 2.00 bits per heavy atom.